The Bertz CT molecular complexity index is 1190. The number of carbonyl (C=O) groups excluding carboxylic acids is 1. The van der Waals surface area contributed by atoms with Crippen LogP contribution in [0.5, 0.6) is 0 Å². The minimum atomic E-state index is -0.484. The molecule has 2 fully saturated rings. The zero-order valence-corrected chi connectivity index (χ0v) is 20.9. The normalized spacial score (nSPS) is 16.6. The van der Waals surface area contributed by atoms with Gasteiger partial charge in [-0.25, -0.2) is 0 Å². The van der Waals surface area contributed by atoms with Gasteiger partial charge in [0.15, 0.2) is 5.78 Å². The lowest BCUT2D eigenvalue weighted by molar-refractivity contribution is 0.0421. The molecule has 188 valence electrons. The molecule has 3 aromatic rings. The average molecular weight is 489 g/mol. The van der Waals surface area contributed by atoms with E-state index in [2.05, 4.69) is 28.8 Å². The van der Waals surface area contributed by atoms with Crippen molar-refractivity contribution in [1.29, 1.82) is 0 Å². The Morgan fingerprint density at radius 2 is 1.44 bits per heavy atom. The van der Waals surface area contributed by atoms with E-state index in [1.54, 1.807) is 0 Å². The van der Waals surface area contributed by atoms with E-state index in [1.165, 1.54) is 0 Å². The number of rotatable bonds is 5. The molecule has 0 N–H and O–H groups in total. The molecule has 0 saturated carbocycles. The number of benzene rings is 2. The molecule has 0 bridgehead atoms. The van der Waals surface area contributed by atoms with Crippen molar-refractivity contribution in [2.24, 2.45) is 4.99 Å². The van der Waals surface area contributed by atoms with Crippen molar-refractivity contribution in [1.82, 2.24) is 15.0 Å². The van der Waals surface area contributed by atoms with Gasteiger partial charge >= 0.3 is 0 Å². The molecule has 0 radical (unpaired) electrons. The Kier molecular flexibility index (Phi) is 7.16. The third-order valence-electron chi connectivity index (χ3n) is 6.82. The van der Waals surface area contributed by atoms with Crippen LogP contribution in [0.15, 0.2) is 70.2 Å². The number of hydrogen-bond acceptors (Lipinski definition) is 6. The van der Waals surface area contributed by atoms with Gasteiger partial charge in [-0.1, -0.05) is 67.5 Å². The fraction of sp³-hybridized carbons (Fsp3) is 0.393. The number of aliphatic imine (C=N–C) groups is 1. The Hall–Kier alpha value is -3.49. The van der Waals surface area contributed by atoms with E-state index in [0.717, 1.165) is 43.4 Å². The zero-order valence-electron chi connectivity index (χ0n) is 20.9. The summed E-state index contributed by atoms with van der Waals surface area (Å²) in [6.45, 7) is 9.99. The maximum absolute atomic E-state index is 13.0. The lowest BCUT2D eigenvalue weighted by Crippen LogP contribution is -2.52. The van der Waals surface area contributed by atoms with Crippen LogP contribution in [0.25, 0.3) is 0 Å². The smallest absolute Gasteiger partial charge is 0.253 e. The van der Waals surface area contributed by atoms with Gasteiger partial charge in [-0.3, -0.25) is 4.79 Å². The number of aromatic nitrogens is 1. The summed E-state index contributed by atoms with van der Waals surface area (Å²) in [5, 5.41) is 4.39. The van der Waals surface area contributed by atoms with Gasteiger partial charge in [0.25, 0.3) is 5.88 Å². The first-order valence-electron chi connectivity index (χ1n) is 12.4. The molecular formula is C28H32N4O4. The Morgan fingerprint density at radius 3 is 2.08 bits per heavy atom. The number of ketones is 1. The van der Waals surface area contributed by atoms with Gasteiger partial charge < -0.3 is 23.8 Å². The van der Waals surface area contributed by atoms with Crippen molar-refractivity contribution in [3.8, 4) is 0 Å². The number of guanidine groups is 1. The van der Waals surface area contributed by atoms with Crippen LogP contribution in [0.3, 0.4) is 0 Å². The summed E-state index contributed by atoms with van der Waals surface area (Å²) in [5.41, 5.74) is 2.57. The Balaban J connectivity index is 1.41. The van der Waals surface area contributed by atoms with Crippen molar-refractivity contribution < 1.29 is 18.8 Å². The van der Waals surface area contributed by atoms with Crippen LogP contribution >= 0.6 is 0 Å². The topological polar surface area (TPSA) is 80.4 Å². The van der Waals surface area contributed by atoms with Gasteiger partial charge in [0.2, 0.25) is 5.96 Å². The second-order valence-corrected chi connectivity index (χ2v) is 9.56. The van der Waals surface area contributed by atoms with Gasteiger partial charge in [0.05, 0.1) is 32.1 Å². The molecule has 2 aromatic carbocycles. The quantitative estimate of drug-likeness (QED) is 0.306. The molecule has 8 nitrogen and oxygen atoms in total. The lowest BCUT2D eigenvalue weighted by atomic mass is 9.80. The van der Waals surface area contributed by atoms with Crippen molar-refractivity contribution in [2.45, 2.75) is 19.3 Å². The molecule has 2 aliphatic rings. The van der Waals surface area contributed by atoms with Crippen LogP contribution in [0.2, 0.25) is 0 Å². The van der Waals surface area contributed by atoms with Gasteiger partial charge in [-0.2, -0.15) is 4.99 Å². The first kappa shape index (κ1) is 24.2. The summed E-state index contributed by atoms with van der Waals surface area (Å²) in [7, 11) is 0. The van der Waals surface area contributed by atoms with Crippen molar-refractivity contribution in [3.05, 3.63) is 83.0 Å². The zero-order chi connectivity index (χ0) is 25.0. The van der Waals surface area contributed by atoms with Crippen LogP contribution in [0, 0.1) is 0 Å². The van der Waals surface area contributed by atoms with Crippen molar-refractivity contribution in [3.63, 3.8) is 0 Å². The highest BCUT2D eigenvalue weighted by atomic mass is 16.5. The fourth-order valence-corrected chi connectivity index (χ4v) is 4.53. The van der Waals surface area contributed by atoms with Gasteiger partial charge in [-0.15, -0.1) is 0 Å². The summed E-state index contributed by atoms with van der Waals surface area (Å²) in [6.07, 6.45) is 0. The molecule has 0 aliphatic carbocycles. The third-order valence-corrected chi connectivity index (χ3v) is 6.82. The number of hydrogen-bond donors (Lipinski definition) is 0. The monoisotopic (exact) mass is 488 g/mol. The van der Waals surface area contributed by atoms with Crippen LogP contribution in [0.1, 0.15) is 41.0 Å². The van der Waals surface area contributed by atoms with E-state index in [1.807, 2.05) is 60.7 Å². The van der Waals surface area contributed by atoms with E-state index in [9.17, 15) is 4.79 Å². The first-order chi connectivity index (χ1) is 17.5. The molecule has 2 saturated heterocycles. The van der Waals surface area contributed by atoms with E-state index in [-0.39, 0.29) is 5.78 Å². The molecular weight excluding hydrogens is 456 g/mol. The highest BCUT2D eigenvalue weighted by molar-refractivity contribution is 6.09. The van der Waals surface area contributed by atoms with E-state index >= 15 is 0 Å². The molecule has 1 aromatic heterocycles. The lowest BCUT2D eigenvalue weighted by Gasteiger charge is -2.37. The molecule has 0 amide bonds. The molecule has 0 unspecified atom stereocenters. The Morgan fingerprint density at radius 1 is 0.833 bits per heavy atom. The fourth-order valence-electron chi connectivity index (χ4n) is 4.53. The third kappa shape index (κ3) is 5.20. The van der Waals surface area contributed by atoms with E-state index in [4.69, 9.17) is 19.0 Å². The van der Waals surface area contributed by atoms with Crippen LogP contribution in [-0.2, 0) is 14.9 Å². The summed E-state index contributed by atoms with van der Waals surface area (Å²) in [5.74, 6) is 1.33. The first-order valence-corrected chi connectivity index (χ1v) is 12.4. The molecule has 36 heavy (non-hydrogen) atoms. The van der Waals surface area contributed by atoms with Crippen LogP contribution in [0.4, 0.5) is 5.88 Å². The van der Waals surface area contributed by atoms with Crippen molar-refractivity contribution in [2.75, 3.05) is 52.6 Å². The number of ether oxygens (including phenoxy) is 2. The minimum Gasteiger partial charge on any atom is -0.378 e. The largest absolute Gasteiger partial charge is 0.378 e. The average Bonchev–Trinajstić information content (AvgIpc) is 3.42. The van der Waals surface area contributed by atoms with Crippen molar-refractivity contribution >= 4 is 17.6 Å². The van der Waals surface area contributed by atoms with Gasteiger partial charge in [0.1, 0.15) is 0 Å². The van der Waals surface area contributed by atoms with Gasteiger partial charge in [-0.05, 0) is 11.6 Å². The molecule has 2 aliphatic heterocycles. The molecule has 8 heteroatoms. The highest BCUT2D eigenvalue weighted by Gasteiger charge is 2.29. The van der Waals surface area contributed by atoms with Gasteiger partial charge in [0, 0.05) is 48.8 Å². The minimum absolute atomic E-state index is 0.000596. The van der Waals surface area contributed by atoms with E-state index < -0.39 is 5.41 Å². The molecule has 3 heterocycles. The summed E-state index contributed by atoms with van der Waals surface area (Å²) >= 11 is 0. The number of nitrogens with zero attached hydrogens (tertiary/aromatic N) is 4. The number of carbonyl (C=O) groups is 1. The van der Waals surface area contributed by atoms with Crippen LogP contribution < -0.4 is 0 Å². The van der Waals surface area contributed by atoms with Crippen LogP contribution in [-0.4, -0.2) is 79.3 Å². The second-order valence-electron chi connectivity index (χ2n) is 9.56. The number of morpholine rings is 2. The predicted octanol–water partition coefficient (Wildman–Crippen LogP) is 3.88. The summed E-state index contributed by atoms with van der Waals surface area (Å²) < 4.78 is 16.8. The molecule has 0 atom stereocenters. The summed E-state index contributed by atoms with van der Waals surface area (Å²) in [4.78, 5) is 22.4. The molecule has 0 spiro atoms. The summed E-state index contributed by atoms with van der Waals surface area (Å²) in [6, 6.07) is 19.0. The maximum Gasteiger partial charge on any atom is 0.253 e. The second kappa shape index (κ2) is 10.6. The van der Waals surface area contributed by atoms with E-state index in [0.29, 0.717) is 43.4 Å². The molecule has 5 rings (SSSR count). The highest BCUT2D eigenvalue weighted by Crippen LogP contribution is 2.33. The Labute approximate surface area is 211 Å². The standard InChI is InChI=1S/C28H32N4O4/c1-28(2,23-10-6-9-22(19-23)26(33)21-7-4-3-5-8-21)24-20-25(36-30-24)29-27(31-11-15-34-16-12-31)32-13-17-35-18-14-32/h3-10,19-20H,11-18H2,1-2H3. The predicted molar refractivity (Wildman–Crippen MR) is 137 cm³/mol. The maximum atomic E-state index is 13.0. The SMILES string of the molecule is CC(C)(c1cccc(C(=O)c2ccccc2)c1)c1cc(N=C(N2CCOCC2)N2CCOCC2)on1.